The van der Waals surface area contributed by atoms with E-state index in [1.807, 2.05) is 43.3 Å². The second-order valence-corrected chi connectivity index (χ2v) is 10.9. The summed E-state index contributed by atoms with van der Waals surface area (Å²) in [5, 5.41) is 0. The Morgan fingerprint density at radius 2 is 1.46 bits per heavy atom. The molecule has 0 aromatic heterocycles. The van der Waals surface area contributed by atoms with Crippen LogP contribution in [-0.4, -0.2) is 77.6 Å². The largest absolute Gasteiger partial charge is 0.447 e. The maximum absolute atomic E-state index is 12.3. The van der Waals surface area contributed by atoms with Crippen LogP contribution in [-0.2, 0) is 32.0 Å². The first-order valence-corrected chi connectivity index (χ1v) is 14.7. The van der Waals surface area contributed by atoms with Crippen LogP contribution >= 0.6 is 0 Å². The van der Waals surface area contributed by atoms with Gasteiger partial charge in [0.15, 0.2) is 0 Å². The van der Waals surface area contributed by atoms with Crippen LogP contribution in [0.4, 0.5) is 9.59 Å². The van der Waals surface area contributed by atoms with Gasteiger partial charge in [-0.3, -0.25) is 14.5 Å². The average molecular weight is 564 g/mol. The van der Waals surface area contributed by atoms with Crippen molar-refractivity contribution in [3.8, 4) is 0 Å². The molecule has 220 valence electrons. The highest BCUT2D eigenvalue weighted by Gasteiger charge is 2.35. The molecular formula is C32H41N3O6. The topological polar surface area (TPSA) is 96.5 Å². The number of imide groups is 2. The van der Waals surface area contributed by atoms with E-state index in [0.29, 0.717) is 26.2 Å². The average Bonchev–Trinajstić information content (AvgIpc) is 3.58. The molecule has 0 aliphatic carbocycles. The zero-order valence-corrected chi connectivity index (χ0v) is 23.9. The van der Waals surface area contributed by atoms with Crippen LogP contribution in [0, 0.1) is 5.92 Å². The Bertz CT molecular complexity index is 1150. The fourth-order valence-corrected chi connectivity index (χ4v) is 5.40. The highest BCUT2D eigenvalue weighted by molar-refractivity contribution is 5.94. The Morgan fingerprint density at radius 3 is 2.05 bits per heavy atom. The van der Waals surface area contributed by atoms with E-state index in [0.717, 1.165) is 58.2 Å². The van der Waals surface area contributed by atoms with E-state index in [-0.39, 0.29) is 23.8 Å². The molecule has 1 atom stereocenters. The van der Waals surface area contributed by atoms with Crippen molar-refractivity contribution in [1.82, 2.24) is 14.7 Å². The van der Waals surface area contributed by atoms with E-state index < -0.39 is 12.2 Å². The van der Waals surface area contributed by atoms with E-state index in [4.69, 9.17) is 9.47 Å². The number of cyclic esters (lactones) is 2. The van der Waals surface area contributed by atoms with Crippen molar-refractivity contribution in [2.24, 2.45) is 5.92 Å². The first-order chi connectivity index (χ1) is 19.9. The minimum Gasteiger partial charge on any atom is -0.447 e. The fraction of sp³-hybridized carbons (Fsp3) is 0.500. The molecule has 41 heavy (non-hydrogen) atoms. The number of unbranched alkanes of at least 4 members (excludes halogenated alkanes) is 2. The summed E-state index contributed by atoms with van der Waals surface area (Å²) in [4.78, 5) is 51.9. The molecule has 3 aliphatic rings. The molecule has 4 amide bonds. The highest BCUT2D eigenvalue weighted by atomic mass is 16.6. The van der Waals surface area contributed by atoms with Crippen molar-refractivity contribution in [3.05, 3.63) is 71.8 Å². The molecule has 9 nitrogen and oxygen atoms in total. The lowest BCUT2D eigenvalue weighted by Gasteiger charge is -2.32. The van der Waals surface area contributed by atoms with Crippen molar-refractivity contribution >= 4 is 24.0 Å². The van der Waals surface area contributed by atoms with Gasteiger partial charge in [-0.25, -0.2) is 19.4 Å². The van der Waals surface area contributed by atoms with Crippen LogP contribution in [0.15, 0.2) is 60.7 Å². The van der Waals surface area contributed by atoms with Gasteiger partial charge in [-0.15, -0.1) is 0 Å². The second kappa shape index (κ2) is 15.3. The molecule has 0 bridgehead atoms. The number of carbonyl (C=O) groups excluding carboxylic acids is 4. The monoisotopic (exact) mass is 563 g/mol. The van der Waals surface area contributed by atoms with E-state index in [9.17, 15) is 19.2 Å². The number of piperidine rings is 1. The maximum Gasteiger partial charge on any atom is 0.416 e. The Balaban J connectivity index is 0.000000189. The van der Waals surface area contributed by atoms with Gasteiger partial charge in [0, 0.05) is 18.9 Å². The standard InChI is InChI=1S/C16H20N2O3.C16H21NO3/c19-15(18-10-11-21-16(18)20)14-6-8-17(9-7-14)12-13-4-2-1-3-5-13;1-13-12-20-16(19)17(13)15(18)11-7-3-6-10-14-8-4-2-5-9-14/h1-5,14H,6-12H2;2,4-5,8-9,13H,3,6-7,10-12H2,1H3. The number of hydrogen-bond acceptors (Lipinski definition) is 7. The van der Waals surface area contributed by atoms with E-state index >= 15 is 0 Å². The van der Waals surface area contributed by atoms with Crippen LogP contribution in [0.25, 0.3) is 0 Å². The summed E-state index contributed by atoms with van der Waals surface area (Å²) in [6, 6.07) is 20.6. The number of nitrogens with zero attached hydrogens (tertiary/aromatic N) is 3. The lowest BCUT2D eigenvalue weighted by molar-refractivity contribution is -0.133. The van der Waals surface area contributed by atoms with Gasteiger partial charge in [0.05, 0.1) is 12.6 Å². The third-order valence-corrected chi connectivity index (χ3v) is 7.77. The van der Waals surface area contributed by atoms with Crippen molar-refractivity contribution in [1.29, 1.82) is 0 Å². The predicted octanol–water partition coefficient (Wildman–Crippen LogP) is 5.03. The Morgan fingerprint density at radius 1 is 0.805 bits per heavy atom. The number of benzene rings is 2. The minimum absolute atomic E-state index is 0.0392. The molecule has 2 aromatic rings. The predicted molar refractivity (Wildman–Crippen MR) is 154 cm³/mol. The summed E-state index contributed by atoms with van der Waals surface area (Å²) in [5.74, 6) is -0.209. The SMILES string of the molecule is CC1COC(=O)N1C(=O)CCCCCc1ccccc1.O=C1OCCN1C(=O)C1CCN(Cc2ccccc2)CC1. The van der Waals surface area contributed by atoms with Gasteiger partial charge < -0.3 is 9.47 Å². The first kappa shape index (κ1) is 30.2. The molecule has 2 aromatic carbocycles. The van der Waals surface area contributed by atoms with Gasteiger partial charge in [-0.1, -0.05) is 67.1 Å². The molecule has 5 rings (SSSR count). The first-order valence-electron chi connectivity index (χ1n) is 14.7. The Labute approximate surface area is 242 Å². The van der Waals surface area contributed by atoms with E-state index in [1.165, 1.54) is 20.9 Å². The Hall–Kier alpha value is -3.72. The summed E-state index contributed by atoms with van der Waals surface area (Å²) in [6.07, 6.45) is 5.01. The molecule has 3 aliphatic heterocycles. The normalized spacial score (nSPS) is 19.4. The molecule has 3 fully saturated rings. The van der Waals surface area contributed by atoms with Crippen molar-refractivity contribution < 1.29 is 28.7 Å². The van der Waals surface area contributed by atoms with Gasteiger partial charge in [-0.2, -0.15) is 0 Å². The van der Waals surface area contributed by atoms with Crippen LogP contribution < -0.4 is 0 Å². The van der Waals surface area contributed by atoms with Crippen LogP contribution in [0.2, 0.25) is 0 Å². The molecule has 3 saturated heterocycles. The van der Waals surface area contributed by atoms with E-state index in [2.05, 4.69) is 29.2 Å². The summed E-state index contributed by atoms with van der Waals surface area (Å²) < 4.78 is 9.68. The minimum atomic E-state index is -0.494. The smallest absolute Gasteiger partial charge is 0.416 e. The van der Waals surface area contributed by atoms with Crippen LogP contribution in [0.3, 0.4) is 0 Å². The molecule has 0 spiro atoms. The quantitative estimate of drug-likeness (QED) is 0.395. The Kier molecular flexibility index (Phi) is 11.3. The lowest BCUT2D eigenvalue weighted by atomic mass is 9.95. The molecule has 9 heteroatoms. The molecule has 1 unspecified atom stereocenters. The van der Waals surface area contributed by atoms with Crippen molar-refractivity contribution in [2.75, 3.05) is 32.8 Å². The zero-order chi connectivity index (χ0) is 29.0. The van der Waals surface area contributed by atoms with Gasteiger partial charge in [0.2, 0.25) is 11.8 Å². The number of ether oxygens (including phenoxy) is 2. The molecule has 0 radical (unpaired) electrons. The summed E-state index contributed by atoms with van der Waals surface area (Å²) in [7, 11) is 0. The molecule has 0 N–H and O–H groups in total. The number of carbonyl (C=O) groups is 4. The molecular weight excluding hydrogens is 522 g/mol. The number of hydrogen-bond donors (Lipinski definition) is 0. The van der Waals surface area contributed by atoms with Gasteiger partial charge in [0.1, 0.15) is 13.2 Å². The van der Waals surface area contributed by atoms with E-state index in [1.54, 1.807) is 0 Å². The highest BCUT2D eigenvalue weighted by Crippen LogP contribution is 2.22. The summed E-state index contributed by atoms with van der Waals surface area (Å²) >= 11 is 0. The van der Waals surface area contributed by atoms with Crippen molar-refractivity contribution in [3.63, 3.8) is 0 Å². The number of likely N-dealkylation sites (tertiary alicyclic amines) is 1. The number of aryl methyl sites for hydroxylation is 1. The van der Waals surface area contributed by atoms with Gasteiger partial charge in [-0.05, 0) is 63.2 Å². The van der Waals surface area contributed by atoms with Crippen LogP contribution in [0.5, 0.6) is 0 Å². The third kappa shape index (κ3) is 8.88. The summed E-state index contributed by atoms with van der Waals surface area (Å²) in [6.45, 7) is 5.60. The molecule has 0 saturated carbocycles. The third-order valence-electron chi connectivity index (χ3n) is 7.77. The van der Waals surface area contributed by atoms with Crippen molar-refractivity contribution in [2.45, 2.75) is 64.5 Å². The van der Waals surface area contributed by atoms with Gasteiger partial charge in [0.25, 0.3) is 0 Å². The van der Waals surface area contributed by atoms with Crippen LogP contribution in [0.1, 0.15) is 56.6 Å². The molecule has 3 heterocycles. The fourth-order valence-electron chi connectivity index (χ4n) is 5.40. The second-order valence-electron chi connectivity index (χ2n) is 10.9. The summed E-state index contributed by atoms with van der Waals surface area (Å²) in [5.41, 5.74) is 2.63. The zero-order valence-electron chi connectivity index (χ0n) is 23.9. The number of rotatable bonds is 9. The maximum atomic E-state index is 12.3. The van der Waals surface area contributed by atoms with Gasteiger partial charge >= 0.3 is 12.2 Å². The number of amides is 4. The lowest BCUT2D eigenvalue weighted by Crippen LogP contribution is -2.42.